The summed E-state index contributed by atoms with van der Waals surface area (Å²) in [6.45, 7) is 1.33. The quantitative estimate of drug-likeness (QED) is 0.889. The fourth-order valence-corrected chi connectivity index (χ4v) is 3.52. The van der Waals surface area contributed by atoms with Gasteiger partial charge in [0.25, 0.3) is 0 Å². The van der Waals surface area contributed by atoms with Gasteiger partial charge >= 0.3 is 5.97 Å². The molecule has 2 aliphatic heterocycles. The number of aromatic carboxylic acids is 1. The molecule has 3 rings (SSSR count). The van der Waals surface area contributed by atoms with Gasteiger partial charge in [0, 0.05) is 7.05 Å². The molecule has 0 aliphatic carbocycles. The zero-order valence-electron chi connectivity index (χ0n) is 9.97. The first-order chi connectivity index (χ1) is 8.59. The Kier molecular flexibility index (Phi) is 2.82. The number of nitrogens with zero attached hydrogens (tertiary/aromatic N) is 3. The number of fused-ring (bicyclic) bond motifs is 2. The van der Waals surface area contributed by atoms with Crippen LogP contribution in [0.3, 0.4) is 0 Å². The van der Waals surface area contributed by atoms with E-state index in [-0.39, 0.29) is 17.6 Å². The summed E-state index contributed by atoms with van der Waals surface area (Å²) in [6, 6.07) is 0.535. The molecule has 0 amide bonds. The van der Waals surface area contributed by atoms with Crippen molar-refractivity contribution in [2.45, 2.75) is 24.9 Å². The molecule has 2 unspecified atom stereocenters. The average molecular weight is 316 g/mol. The normalized spacial score (nSPS) is 26.7. The van der Waals surface area contributed by atoms with Crippen molar-refractivity contribution < 1.29 is 14.6 Å². The van der Waals surface area contributed by atoms with Crippen LogP contribution in [0.25, 0.3) is 0 Å². The maximum Gasteiger partial charge on any atom is 0.342 e. The van der Waals surface area contributed by atoms with E-state index in [0.29, 0.717) is 23.6 Å². The van der Waals surface area contributed by atoms with Crippen molar-refractivity contribution >= 4 is 27.7 Å². The van der Waals surface area contributed by atoms with E-state index in [0.717, 1.165) is 12.8 Å². The Morgan fingerprint density at radius 2 is 2.06 bits per heavy atom. The minimum absolute atomic E-state index is 0.247. The summed E-state index contributed by atoms with van der Waals surface area (Å²) in [5.74, 6) is -0.263. The van der Waals surface area contributed by atoms with Crippen LogP contribution in [-0.2, 0) is 11.8 Å². The van der Waals surface area contributed by atoms with Crippen LogP contribution in [0, 0.1) is 0 Å². The van der Waals surface area contributed by atoms with E-state index in [1.807, 2.05) is 0 Å². The fourth-order valence-electron chi connectivity index (χ4n) is 2.94. The van der Waals surface area contributed by atoms with Crippen molar-refractivity contribution in [1.29, 1.82) is 0 Å². The van der Waals surface area contributed by atoms with Crippen LogP contribution in [0.5, 0.6) is 0 Å². The number of rotatable bonds is 2. The summed E-state index contributed by atoms with van der Waals surface area (Å²) < 4.78 is 7.56. The molecule has 6 nitrogen and oxygen atoms in total. The molecule has 0 radical (unpaired) electrons. The SMILES string of the molecule is Cn1nc(Br)c(C(=O)O)c1N1C2CCC1COC2. The van der Waals surface area contributed by atoms with Crippen molar-refractivity contribution in [1.82, 2.24) is 9.78 Å². The van der Waals surface area contributed by atoms with Crippen molar-refractivity contribution in [2.75, 3.05) is 18.1 Å². The van der Waals surface area contributed by atoms with Gasteiger partial charge in [-0.25, -0.2) is 4.79 Å². The number of ether oxygens (including phenoxy) is 1. The first kappa shape index (κ1) is 12.0. The molecule has 3 heterocycles. The van der Waals surface area contributed by atoms with E-state index in [4.69, 9.17) is 4.74 Å². The highest BCUT2D eigenvalue weighted by molar-refractivity contribution is 9.10. The maximum atomic E-state index is 11.4. The lowest BCUT2D eigenvalue weighted by Gasteiger charge is -2.36. The zero-order chi connectivity index (χ0) is 12.9. The van der Waals surface area contributed by atoms with E-state index >= 15 is 0 Å². The lowest BCUT2D eigenvalue weighted by atomic mass is 10.2. The molecule has 1 N–H and O–H groups in total. The van der Waals surface area contributed by atoms with Crippen molar-refractivity contribution in [3.05, 3.63) is 10.2 Å². The number of hydrogen-bond donors (Lipinski definition) is 1. The van der Waals surface area contributed by atoms with Gasteiger partial charge < -0.3 is 14.7 Å². The van der Waals surface area contributed by atoms with Gasteiger partial charge in [-0.15, -0.1) is 0 Å². The van der Waals surface area contributed by atoms with Gasteiger partial charge in [0.15, 0.2) is 0 Å². The minimum Gasteiger partial charge on any atom is -0.477 e. The molecule has 2 saturated heterocycles. The Labute approximate surface area is 113 Å². The molecule has 0 aromatic carbocycles. The van der Waals surface area contributed by atoms with Crippen LogP contribution in [0.4, 0.5) is 5.82 Å². The zero-order valence-corrected chi connectivity index (χ0v) is 11.6. The van der Waals surface area contributed by atoms with E-state index in [2.05, 4.69) is 25.9 Å². The summed E-state index contributed by atoms with van der Waals surface area (Å²) in [5, 5.41) is 13.5. The first-order valence-corrected chi connectivity index (χ1v) is 6.70. The molecule has 18 heavy (non-hydrogen) atoms. The van der Waals surface area contributed by atoms with Gasteiger partial charge in [-0.1, -0.05) is 0 Å². The number of aromatic nitrogens is 2. The highest BCUT2D eigenvalue weighted by Gasteiger charge is 2.41. The topological polar surface area (TPSA) is 67.6 Å². The second kappa shape index (κ2) is 4.24. The highest BCUT2D eigenvalue weighted by Crippen LogP contribution is 2.37. The third-order valence-electron chi connectivity index (χ3n) is 3.67. The molecule has 7 heteroatoms. The fraction of sp³-hybridized carbons (Fsp3) is 0.636. The van der Waals surface area contributed by atoms with E-state index in [9.17, 15) is 9.90 Å². The van der Waals surface area contributed by atoms with E-state index in [1.54, 1.807) is 11.7 Å². The number of carboxylic acids is 1. The lowest BCUT2D eigenvalue weighted by molar-refractivity contribution is 0.0692. The Balaban J connectivity index is 2.09. The van der Waals surface area contributed by atoms with Crippen molar-refractivity contribution in [2.24, 2.45) is 7.05 Å². The lowest BCUT2D eigenvalue weighted by Crippen LogP contribution is -2.47. The van der Waals surface area contributed by atoms with Crippen LogP contribution >= 0.6 is 15.9 Å². The Morgan fingerprint density at radius 3 is 2.61 bits per heavy atom. The largest absolute Gasteiger partial charge is 0.477 e. The number of carbonyl (C=O) groups is 1. The van der Waals surface area contributed by atoms with Gasteiger partial charge in [0.1, 0.15) is 16.0 Å². The van der Waals surface area contributed by atoms with E-state index < -0.39 is 5.97 Å². The number of aryl methyl sites for hydroxylation is 1. The molecule has 2 fully saturated rings. The minimum atomic E-state index is -0.948. The van der Waals surface area contributed by atoms with Crippen LogP contribution in [0.1, 0.15) is 23.2 Å². The summed E-state index contributed by atoms with van der Waals surface area (Å²) in [7, 11) is 1.78. The molecular weight excluding hydrogens is 302 g/mol. The monoisotopic (exact) mass is 315 g/mol. The summed E-state index contributed by atoms with van der Waals surface area (Å²) in [5.41, 5.74) is 0.247. The third-order valence-corrected chi connectivity index (χ3v) is 4.23. The maximum absolute atomic E-state index is 11.4. The Morgan fingerprint density at radius 1 is 1.44 bits per heavy atom. The van der Waals surface area contributed by atoms with Crippen molar-refractivity contribution in [3.63, 3.8) is 0 Å². The molecule has 2 aliphatic rings. The third kappa shape index (κ3) is 1.65. The van der Waals surface area contributed by atoms with Gasteiger partial charge in [-0.05, 0) is 28.8 Å². The standard InChI is InChI=1S/C11H14BrN3O3/c1-14-10(8(11(16)17)9(12)13-14)15-6-2-3-7(15)5-18-4-6/h6-7H,2-5H2,1H3,(H,16,17). The van der Waals surface area contributed by atoms with Gasteiger partial charge in [-0.3, -0.25) is 4.68 Å². The summed E-state index contributed by atoms with van der Waals surface area (Å²) in [4.78, 5) is 13.6. The Bertz CT molecular complexity index is 486. The summed E-state index contributed by atoms with van der Waals surface area (Å²) in [6.07, 6.45) is 2.10. The second-order valence-electron chi connectivity index (χ2n) is 4.75. The van der Waals surface area contributed by atoms with Gasteiger partial charge in [0.2, 0.25) is 0 Å². The number of halogens is 1. The number of morpholine rings is 1. The average Bonchev–Trinajstić information content (AvgIpc) is 2.70. The number of hydrogen-bond acceptors (Lipinski definition) is 4. The second-order valence-corrected chi connectivity index (χ2v) is 5.50. The number of anilines is 1. The first-order valence-electron chi connectivity index (χ1n) is 5.91. The molecular formula is C11H14BrN3O3. The Hall–Kier alpha value is -1.08. The highest BCUT2D eigenvalue weighted by atomic mass is 79.9. The summed E-state index contributed by atoms with van der Waals surface area (Å²) >= 11 is 3.22. The molecule has 0 spiro atoms. The van der Waals surface area contributed by atoms with Gasteiger partial charge in [0.05, 0.1) is 25.3 Å². The predicted molar refractivity (Wildman–Crippen MR) is 68.0 cm³/mol. The van der Waals surface area contributed by atoms with Gasteiger partial charge in [-0.2, -0.15) is 5.10 Å². The molecule has 2 atom stereocenters. The molecule has 1 aromatic rings. The van der Waals surface area contributed by atoms with E-state index in [1.165, 1.54) is 0 Å². The van der Waals surface area contributed by atoms with Crippen LogP contribution in [-0.4, -0.2) is 46.2 Å². The predicted octanol–water partition coefficient (Wildman–Crippen LogP) is 1.25. The van der Waals surface area contributed by atoms with Crippen LogP contribution < -0.4 is 4.90 Å². The molecule has 98 valence electrons. The molecule has 0 saturated carbocycles. The number of carboxylic acid groups (broad SMARTS) is 1. The molecule has 2 bridgehead atoms. The van der Waals surface area contributed by atoms with Crippen molar-refractivity contribution in [3.8, 4) is 0 Å². The molecule has 1 aromatic heterocycles. The van der Waals surface area contributed by atoms with Crippen LogP contribution in [0.15, 0.2) is 4.60 Å². The van der Waals surface area contributed by atoms with Crippen LogP contribution in [0.2, 0.25) is 0 Å². The smallest absolute Gasteiger partial charge is 0.342 e.